The molecule has 2 aromatic carbocycles. The number of aromatic carboxylic acids is 1. The van der Waals surface area contributed by atoms with Crippen LogP contribution in [0.25, 0.3) is 32.9 Å². The van der Waals surface area contributed by atoms with Crippen molar-refractivity contribution >= 4 is 39.4 Å². The van der Waals surface area contributed by atoms with Crippen LogP contribution in [-0.4, -0.2) is 45.7 Å². The molecular formula is C27H23FN4O4. The van der Waals surface area contributed by atoms with Crippen LogP contribution in [0.1, 0.15) is 20.7 Å². The first-order valence-electron chi connectivity index (χ1n) is 10.9. The van der Waals surface area contributed by atoms with Crippen molar-refractivity contribution in [2.75, 3.05) is 19.5 Å². The molecule has 36 heavy (non-hydrogen) atoms. The molecule has 0 radical (unpaired) electrons. The SMILES string of the molecule is CNc1cc(C(=O)OC)ccc1-c1ccncc1F.Cn1c2cnccc2c2ccc(C(=O)O)cc21. The summed E-state index contributed by atoms with van der Waals surface area (Å²) < 4.78 is 20.4. The van der Waals surface area contributed by atoms with Gasteiger partial charge in [0.05, 0.1) is 36.1 Å². The van der Waals surface area contributed by atoms with E-state index in [1.807, 2.05) is 23.7 Å². The molecule has 0 atom stereocenters. The van der Waals surface area contributed by atoms with Gasteiger partial charge < -0.3 is 19.7 Å². The van der Waals surface area contributed by atoms with E-state index in [2.05, 4.69) is 20.0 Å². The first-order chi connectivity index (χ1) is 17.3. The Morgan fingerprint density at radius 2 is 1.61 bits per heavy atom. The van der Waals surface area contributed by atoms with Crippen LogP contribution in [0.5, 0.6) is 0 Å². The number of carbonyl (C=O) groups is 2. The standard InChI is InChI=1S/C14H13FN2O2.C13H10N2O2/c1-16-13-7-9(14(18)19-2)3-4-11(13)10-5-6-17-8-12(10)15;1-15-11-6-8(13(16)17)2-3-9(11)10-4-5-14-7-12(10)15/h3-8,16H,1-2H3;2-7H,1H3,(H,16,17). The second-order valence-electron chi connectivity index (χ2n) is 7.85. The predicted octanol–water partition coefficient (Wildman–Crippen LogP) is 5.14. The molecule has 2 N–H and O–H groups in total. The number of aryl methyl sites for hydroxylation is 1. The molecule has 9 heteroatoms. The largest absolute Gasteiger partial charge is 0.478 e. The average Bonchev–Trinajstić information content (AvgIpc) is 3.20. The quantitative estimate of drug-likeness (QED) is 0.339. The van der Waals surface area contributed by atoms with Crippen molar-refractivity contribution in [3.8, 4) is 11.1 Å². The van der Waals surface area contributed by atoms with E-state index in [0.717, 1.165) is 28.0 Å². The maximum absolute atomic E-state index is 13.7. The Balaban J connectivity index is 0.000000170. The van der Waals surface area contributed by atoms with E-state index in [-0.39, 0.29) is 0 Å². The lowest BCUT2D eigenvalue weighted by atomic mass is 10.0. The summed E-state index contributed by atoms with van der Waals surface area (Å²) in [4.78, 5) is 30.2. The van der Waals surface area contributed by atoms with Gasteiger partial charge in [0.25, 0.3) is 0 Å². The summed E-state index contributed by atoms with van der Waals surface area (Å²) in [6, 6.07) is 13.6. The summed E-state index contributed by atoms with van der Waals surface area (Å²) in [7, 11) is 4.94. The number of hydrogen-bond acceptors (Lipinski definition) is 6. The van der Waals surface area contributed by atoms with E-state index in [9.17, 15) is 14.0 Å². The number of nitrogens with one attached hydrogen (secondary N) is 1. The van der Waals surface area contributed by atoms with E-state index < -0.39 is 17.8 Å². The minimum atomic E-state index is -0.907. The van der Waals surface area contributed by atoms with Gasteiger partial charge in [-0.3, -0.25) is 9.97 Å². The highest BCUT2D eigenvalue weighted by Crippen LogP contribution is 2.30. The number of carboxylic acid groups (broad SMARTS) is 1. The Morgan fingerprint density at radius 1 is 0.917 bits per heavy atom. The van der Waals surface area contributed by atoms with Crippen LogP contribution in [0.15, 0.2) is 73.3 Å². The Hall–Kier alpha value is -4.79. The smallest absolute Gasteiger partial charge is 0.337 e. The number of fused-ring (bicyclic) bond motifs is 3. The number of methoxy groups -OCH3 is 1. The lowest BCUT2D eigenvalue weighted by Gasteiger charge is -2.11. The average molecular weight is 487 g/mol. The van der Waals surface area contributed by atoms with Crippen LogP contribution < -0.4 is 5.32 Å². The van der Waals surface area contributed by atoms with Gasteiger partial charge in [-0.2, -0.15) is 0 Å². The summed E-state index contributed by atoms with van der Waals surface area (Å²) in [6.07, 6.45) is 6.21. The van der Waals surface area contributed by atoms with E-state index in [1.54, 1.807) is 55.8 Å². The number of nitrogens with zero attached hydrogens (tertiary/aromatic N) is 3. The van der Waals surface area contributed by atoms with Crippen LogP contribution in [-0.2, 0) is 11.8 Å². The Bertz CT molecular complexity index is 1600. The fourth-order valence-corrected chi connectivity index (χ4v) is 4.01. The van der Waals surface area contributed by atoms with Crippen molar-refractivity contribution in [1.82, 2.24) is 14.5 Å². The number of anilines is 1. The minimum absolute atomic E-state index is 0.302. The number of halogens is 1. The van der Waals surface area contributed by atoms with Gasteiger partial charge in [-0.25, -0.2) is 14.0 Å². The van der Waals surface area contributed by atoms with Crippen LogP contribution in [0.2, 0.25) is 0 Å². The molecule has 0 saturated carbocycles. The molecule has 3 heterocycles. The summed E-state index contributed by atoms with van der Waals surface area (Å²) in [5.41, 5.74) is 4.36. The van der Waals surface area contributed by atoms with E-state index >= 15 is 0 Å². The van der Waals surface area contributed by atoms with Gasteiger partial charge in [0, 0.05) is 59.6 Å². The lowest BCUT2D eigenvalue weighted by molar-refractivity contribution is 0.0600. The zero-order valence-corrected chi connectivity index (χ0v) is 19.8. The second-order valence-corrected chi connectivity index (χ2v) is 7.85. The molecule has 0 bridgehead atoms. The van der Waals surface area contributed by atoms with Crippen molar-refractivity contribution < 1.29 is 23.8 Å². The number of carbonyl (C=O) groups excluding carboxylic acids is 1. The van der Waals surface area contributed by atoms with Gasteiger partial charge in [-0.15, -0.1) is 0 Å². The predicted molar refractivity (Wildman–Crippen MR) is 136 cm³/mol. The van der Waals surface area contributed by atoms with E-state index in [0.29, 0.717) is 27.9 Å². The number of ether oxygens (including phenoxy) is 1. The number of rotatable bonds is 4. The number of aromatic nitrogens is 3. The Labute approximate surface area is 206 Å². The van der Waals surface area contributed by atoms with E-state index in [1.165, 1.54) is 13.3 Å². The molecular weight excluding hydrogens is 463 g/mol. The van der Waals surface area contributed by atoms with Gasteiger partial charge in [-0.1, -0.05) is 12.1 Å². The minimum Gasteiger partial charge on any atom is -0.478 e. The molecule has 0 amide bonds. The van der Waals surface area contributed by atoms with Gasteiger partial charge in [0.15, 0.2) is 0 Å². The van der Waals surface area contributed by atoms with Crippen molar-refractivity contribution in [2.45, 2.75) is 0 Å². The molecule has 0 aliphatic heterocycles. The number of benzene rings is 2. The fourth-order valence-electron chi connectivity index (χ4n) is 4.01. The zero-order chi connectivity index (χ0) is 25.8. The van der Waals surface area contributed by atoms with Crippen LogP contribution in [0.4, 0.5) is 10.1 Å². The highest BCUT2D eigenvalue weighted by molar-refractivity contribution is 6.09. The summed E-state index contributed by atoms with van der Waals surface area (Å²) in [5.74, 6) is -1.75. The van der Waals surface area contributed by atoms with Crippen LogP contribution >= 0.6 is 0 Å². The Morgan fingerprint density at radius 3 is 2.31 bits per heavy atom. The molecule has 3 aromatic heterocycles. The Kier molecular flexibility index (Phi) is 6.91. The molecule has 5 aromatic rings. The maximum atomic E-state index is 13.7. The van der Waals surface area contributed by atoms with Crippen molar-refractivity contribution in [2.24, 2.45) is 7.05 Å². The molecule has 0 aliphatic rings. The zero-order valence-electron chi connectivity index (χ0n) is 19.8. The highest BCUT2D eigenvalue weighted by atomic mass is 19.1. The third-order valence-electron chi connectivity index (χ3n) is 5.83. The van der Waals surface area contributed by atoms with Gasteiger partial charge >= 0.3 is 11.9 Å². The lowest BCUT2D eigenvalue weighted by Crippen LogP contribution is -2.03. The molecule has 0 saturated heterocycles. The molecule has 0 unspecified atom stereocenters. The molecule has 182 valence electrons. The summed E-state index contributed by atoms with van der Waals surface area (Å²) in [6.45, 7) is 0. The topological polar surface area (TPSA) is 106 Å². The van der Waals surface area contributed by atoms with Crippen LogP contribution in [0.3, 0.4) is 0 Å². The number of hydrogen-bond donors (Lipinski definition) is 2. The van der Waals surface area contributed by atoms with Crippen LogP contribution in [0, 0.1) is 5.82 Å². The molecule has 5 rings (SSSR count). The highest BCUT2D eigenvalue weighted by Gasteiger charge is 2.13. The molecule has 0 fully saturated rings. The number of carboxylic acids is 1. The fraction of sp³-hybridized carbons (Fsp3) is 0.111. The maximum Gasteiger partial charge on any atom is 0.337 e. The van der Waals surface area contributed by atoms with Gasteiger partial charge in [0.2, 0.25) is 0 Å². The second kappa shape index (κ2) is 10.2. The molecule has 8 nitrogen and oxygen atoms in total. The van der Waals surface area contributed by atoms with Crippen molar-refractivity contribution in [3.05, 3.63) is 90.3 Å². The number of pyridine rings is 2. The monoisotopic (exact) mass is 486 g/mol. The first-order valence-corrected chi connectivity index (χ1v) is 10.9. The summed E-state index contributed by atoms with van der Waals surface area (Å²) >= 11 is 0. The van der Waals surface area contributed by atoms with Gasteiger partial charge in [0.1, 0.15) is 5.82 Å². The van der Waals surface area contributed by atoms with Crippen molar-refractivity contribution in [1.29, 1.82) is 0 Å². The number of esters is 1. The van der Waals surface area contributed by atoms with E-state index in [4.69, 9.17) is 5.11 Å². The third-order valence-corrected chi connectivity index (χ3v) is 5.83. The first kappa shape index (κ1) is 24.3. The normalized spacial score (nSPS) is 10.6. The summed E-state index contributed by atoms with van der Waals surface area (Å²) in [5, 5.41) is 14.1. The third kappa shape index (κ3) is 4.58. The van der Waals surface area contributed by atoms with Gasteiger partial charge in [-0.05, 0) is 36.4 Å². The molecule has 0 spiro atoms. The molecule has 0 aliphatic carbocycles. The van der Waals surface area contributed by atoms with Crippen molar-refractivity contribution in [3.63, 3.8) is 0 Å².